The minimum absolute atomic E-state index is 0.106. The number of aromatic nitrogens is 3. The molecule has 27 heavy (non-hydrogen) atoms. The summed E-state index contributed by atoms with van der Waals surface area (Å²) in [6.45, 7) is 5.91. The second-order valence-electron chi connectivity index (χ2n) is 7.60. The Kier molecular flexibility index (Phi) is 6.16. The molecule has 1 unspecified atom stereocenters. The molecule has 146 valence electrons. The molecule has 2 fully saturated rings. The van der Waals surface area contributed by atoms with E-state index < -0.39 is 0 Å². The van der Waals surface area contributed by atoms with Gasteiger partial charge in [0, 0.05) is 24.5 Å². The number of piperidine rings is 2. The first-order valence-electron chi connectivity index (χ1n) is 9.93. The van der Waals surface area contributed by atoms with Crippen molar-refractivity contribution in [2.75, 3.05) is 32.7 Å². The summed E-state index contributed by atoms with van der Waals surface area (Å²) in [5.74, 6) is 0.396. The molecule has 0 bridgehead atoms. The maximum atomic E-state index is 12.5. The van der Waals surface area contributed by atoms with E-state index in [2.05, 4.69) is 43.4 Å². The molecule has 1 amide bonds. The van der Waals surface area contributed by atoms with E-state index in [1.165, 1.54) is 17.7 Å². The van der Waals surface area contributed by atoms with Gasteiger partial charge in [0.1, 0.15) is 0 Å². The van der Waals surface area contributed by atoms with Gasteiger partial charge in [-0.25, -0.2) is 4.68 Å². The molecular formula is C19H28N6OS. The fourth-order valence-corrected chi connectivity index (χ4v) is 4.79. The van der Waals surface area contributed by atoms with Crippen LogP contribution in [-0.4, -0.2) is 58.5 Å². The zero-order valence-corrected chi connectivity index (χ0v) is 16.5. The average molecular weight is 389 g/mol. The summed E-state index contributed by atoms with van der Waals surface area (Å²) in [5.41, 5.74) is 0.430. The van der Waals surface area contributed by atoms with Gasteiger partial charge in [-0.2, -0.15) is 0 Å². The zero-order valence-electron chi connectivity index (χ0n) is 15.6. The molecular weight excluding hydrogens is 360 g/mol. The van der Waals surface area contributed by atoms with Crippen molar-refractivity contribution in [3.63, 3.8) is 0 Å². The van der Waals surface area contributed by atoms with Crippen molar-refractivity contribution in [1.29, 1.82) is 0 Å². The van der Waals surface area contributed by atoms with Gasteiger partial charge in [-0.15, -0.1) is 16.4 Å². The van der Waals surface area contributed by atoms with Gasteiger partial charge in [0.25, 0.3) is 5.91 Å². The van der Waals surface area contributed by atoms with Gasteiger partial charge in [-0.05, 0) is 62.7 Å². The Labute approximate surface area is 164 Å². The molecule has 0 spiro atoms. The van der Waals surface area contributed by atoms with E-state index in [4.69, 9.17) is 0 Å². The van der Waals surface area contributed by atoms with Gasteiger partial charge in [-0.3, -0.25) is 9.69 Å². The maximum Gasteiger partial charge on any atom is 0.273 e. The fourth-order valence-electron chi connectivity index (χ4n) is 4.04. The molecule has 2 aromatic rings. The number of nitrogens with one attached hydrogen (secondary N) is 2. The third-order valence-electron chi connectivity index (χ3n) is 5.54. The van der Waals surface area contributed by atoms with Crippen LogP contribution in [0.2, 0.25) is 0 Å². The van der Waals surface area contributed by atoms with Crippen LogP contribution in [0.3, 0.4) is 0 Å². The monoisotopic (exact) mass is 388 g/mol. The summed E-state index contributed by atoms with van der Waals surface area (Å²) < 4.78 is 1.86. The van der Waals surface area contributed by atoms with Crippen LogP contribution < -0.4 is 10.6 Å². The smallest absolute Gasteiger partial charge is 0.273 e. The number of hydrogen-bond donors (Lipinski definition) is 2. The molecule has 4 rings (SSSR count). The zero-order chi connectivity index (χ0) is 18.5. The lowest BCUT2D eigenvalue weighted by molar-refractivity contribution is 0.0926. The van der Waals surface area contributed by atoms with Crippen molar-refractivity contribution in [1.82, 2.24) is 30.5 Å². The molecule has 7 nitrogen and oxygen atoms in total. The molecule has 0 saturated carbocycles. The Morgan fingerprint density at radius 2 is 2.22 bits per heavy atom. The SMILES string of the molecule is O=C(NCC1CCCN(Cc2cccs2)C1)c1cn(C2CCNCC2)nn1. The lowest BCUT2D eigenvalue weighted by Gasteiger charge is -2.32. The minimum atomic E-state index is -0.106. The van der Waals surface area contributed by atoms with E-state index >= 15 is 0 Å². The second-order valence-corrected chi connectivity index (χ2v) is 8.63. The van der Waals surface area contributed by atoms with Crippen molar-refractivity contribution in [2.45, 2.75) is 38.3 Å². The van der Waals surface area contributed by atoms with Crippen LogP contribution in [0.25, 0.3) is 0 Å². The van der Waals surface area contributed by atoms with Gasteiger partial charge in [0.15, 0.2) is 5.69 Å². The van der Waals surface area contributed by atoms with Crippen molar-refractivity contribution >= 4 is 17.2 Å². The van der Waals surface area contributed by atoms with Gasteiger partial charge in [-0.1, -0.05) is 11.3 Å². The van der Waals surface area contributed by atoms with Crippen molar-refractivity contribution < 1.29 is 4.79 Å². The highest BCUT2D eigenvalue weighted by Gasteiger charge is 2.22. The van der Waals surface area contributed by atoms with Gasteiger partial charge >= 0.3 is 0 Å². The maximum absolute atomic E-state index is 12.5. The lowest BCUT2D eigenvalue weighted by atomic mass is 9.98. The molecule has 8 heteroatoms. The Balaban J connectivity index is 1.25. The summed E-state index contributed by atoms with van der Waals surface area (Å²) in [7, 11) is 0. The molecule has 0 radical (unpaired) electrons. The summed E-state index contributed by atoms with van der Waals surface area (Å²) >= 11 is 1.81. The van der Waals surface area contributed by atoms with Crippen molar-refractivity contribution in [3.8, 4) is 0 Å². The Hall–Kier alpha value is -1.77. The highest BCUT2D eigenvalue weighted by molar-refractivity contribution is 7.09. The number of amides is 1. The standard InChI is InChI=1S/C19H28N6OS/c26-19(18-14-25(23-22-18)16-5-7-20-8-6-16)21-11-15-3-1-9-24(12-15)13-17-4-2-10-27-17/h2,4,10,14-16,20H,1,3,5-9,11-13H2,(H,21,26). The third kappa shape index (κ3) is 4.94. The van der Waals surface area contributed by atoms with E-state index in [-0.39, 0.29) is 5.91 Å². The van der Waals surface area contributed by atoms with Crippen LogP contribution in [0.4, 0.5) is 0 Å². The topological polar surface area (TPSA) is 75.1 Å². The molecule has 4 heterocycles. The Morgan fingerprint density at radius 3 is 3.04 bits per heavy atom. The van der Waals surface area contributed by atoms with Crippen LogP contribution in [0.1, 0.15) is 47.1 Å². The molecule has 2 aliphatic rings. The molecule has 2 N–H and O–H groups in total. The molecule has 2 saturated heterocycles. The quantitative estimate of drug-likeness (QED) is 0.791. The molecule has 0 aliphatic carbocycles. The van der Waals surface area contributed by atoms with Gasteiger partial charge < -0.3 is 10.6 Å². The number of hydrogen-bond acceptors (Lipinski definition) is 6. The van der Waals surface area contributed by atoms with Crippen LogP contribution in [0.5, 0.6) is 0 Å². The average Bonchev–Trinajstić information content (AvgIpc) is 3.39. The van der Waals surface area contributed by atoms with Gasteiger partial charge in [0.2, 0.25) is 0 Å². The third-order valence-corrected chi connectivity index (χ3v) is 6.40. The number of nitrogens with zero attached hydrogens (tertiary/aromatic N) is 4. The number of likely N-dealkylation sites (tertiary alicyclic amines) is 1. The van der Waals surface area contributed by atoms with Crippen LogP contribution >= 0.6 is 11.3 Å². The summed E-state index contributed by atoms with van der Waals surface area (Å²) in [5, 5.41) is 16.8. The number of rotatable bonds is 6. The molecule has 0 aromatic carbocycles. The second kappa shape index (κ2) is 8.95. The predicted octanol–water partition coefficient (Wildman–Crippen LogP) is 1.91. The van der Waals surface area contributed by atoms with Gasteiger partial charge in [0.05, 0.1) is 12.2 Å². The normalized spacial score (nSPS) is 22.0. The largest absolute Gasteiger partial charge is 0.350 e. The highest BCUT2D eigenvalue weighted by atomic mass is 32.1. The van der Waals surface area contributed by atoms with Crippen LogP contribution in [0.15, 0.2) is 23.7 Å². The van der Waals surface area contributed by atoms with E-state index in [0.717, 1.165) is 45.6 Å². The number of carbonyl (C=O) groups excluding carboxylic acids is 1. The van der Waals surface area contributed by atoms with E-state index in [1.807, 2.05) is 16.0 Å². The van der Waals surface area contributed by atoms with E-state index in [1.54, 1.807) is 6.20 Å². The number of thiophene rings is 1. The number of carbonyl (C=O) groups is 1. The molecule has 2 aromatic heterocycles. The van der Waals surface area contributed by atoms with E-state index in [9.17, 15) is 4.79 Å². The highest BCUT2D eigenvalue weighted by Crippen LogP contribution is 2.20. The summed E-state index contributed by atoms with van der Waals surface area (Å²) in [4.78, 5) is 16.4. The van der Waals surface area contributed by atoms with Crippen LogP contribution in [-0.2, 0) is 6.54 Å². The van der Waals surface area contributed by atoms with E-state index in [0.29, 0.717) is 24.2 Å². The minimum Gasteiger partial charge on any atom is -0.350 e. The van der Waals surface area contributed by atoms with Crippen LogP contribution in [0, 0.1) is 5.92 Å². The lowest BCUT2D eigenvalue weighted by Crippen LogP contribution is -2.40. The first-order chi connectivity index (χ1) is 13.3. The molecule has 1 atom stereocenters. The Bertz CT molecular complexity index is 724. The summed E-state index contributed by atoms with van der Waals surface area (Å²) in [6, 6.07) is 4.66. The first-order valence-corrected chi connectivity index (χ1v) is 10.8. The first kappa shape index (κ1) is 18.6. The summed E-state index contributed by atoms with van der Waals surface area (Å²) in [6.07, 6.45) is 6.23. The Morgan fingerprint density at radius 1 is 1.33 bits per heavy atom. The fraction of sp³-hybridized carbons (Fsp3) is 0.632. The van der Waals surface area contributed by atoms with Crippen molar-refractivity contribution in [3.05, 3.63) is 34.3 Å². The van der Waals surface area contributed by atoms with Crippen molar-refractivity contribution in [2.24, 2.45) is 5.92 Å². The predicted molar refractivity (Wildman–Crippen MR) is 106 cm³/mol. The molecule has 2 aliphatic heterocycles.